The van der Waals surface area contributed by atoms with Crippen molar-refractivity contribution in [3.63, 3.8) is 0 Å². The zero-order valence-electron chi connectivity index (χ0n) is 12.7. The van der Waals surface area contributed by atoms with Gasteiger partial charge in [-0.2, -0.15) is 26.3 Å². The number of hydrogen-bond donors (Lipinski definition) is 0. The average Bonchev–Trinajstić information content (AvgIpc) is 2.45. The van der Waals surface area contributed by atoms with Gasteiger partial charge in [0.1, 0.15) is 0 Å². The molecule has 10 heteroatoms. The lowest BCUT2D eigenvalue weighted by molar-refractivity contribution is -0.143. The van der Waals surface area contributed by atoms with Crippen LogP contribution in [-0.2, 0) is 26.0 Å². The minimum atomic E-state index is -4.94. The molecule has 1 heterocycles. The molecule has 0 aromatic heterocycles. The fraction of sp³-hybridized carbons (Fsp3) is 0.571. The third-order valence-corrected chi connectivity index (χ3v) is 5.90. The maximum absolute atomic E-state index is 12.9. The number of rotatable bonds is 2. The molecular formula is C14H15F6O3P. The summed E-state index contributed by atoms with van der Waals surface area (Å²) in [7, 11) is -3.58. The largest absolute Gasteiger partial charge is 0.416 e. The third-order valence-electron chi connectivity index (χ3n) is 3.54. The van der Waals surface area contributed by atoms with Crippen LogP contribution >= 0.6 is 7.60 Å². The highest BCUT2D eigenvalue weighted by Crippen LogP contribution is 2.59. The van der Waals surface area contributed by atoms with E-state index >= 15 is 0 Å². The monoisotopic (exact) mass is 376 g/mol. The third kappa shape index (κ3) is 4.13. The topological polar surface area (TPSA) is 35.5 Å². The van der Waals surface area contributed by atoms with Crippen molar-refractivity contribution in [2.24, 2.45) is 0 Å². The first-order valence-corrected chi connectivity index (χ1v) is 8.66. The van der Waals surface area contributed by atoms with Crippen LogP contribution in [0.1, 0.15) is 43.1 Å². The normalized spacial score (nSPS) is 26.0. The van der Waals surface area contributed by atoms with Gasteiger partial charge in [-0.3, -0.25) is 4.57 Å². The molecule has 2 unspecified atom stereocenters. The van der Waals surface area contributed by atoms with E-state index in [4.69, 9.17) is 9.05 Å². The summed E-state index contributed by atoms with van der Waals surface area (Å²) in [6.45, 7) is 3.00. The highest BCUT2D eigenvalue weighted by molar-refractivity contribution is 7.54. The summed E-state index contributed by atoms with van der Waals surface area (Å²) in [5.74, 6) is 0. The maximum Gasteiger partial charge on any atom is 0.416 e. The smallest absolute Gasteiger partial charge is 0.308 e. The van der Waals surface area contributed by atoms with E-state index in [0.717, 1.165) is 0 Å². The van der Waals surface area contributed by atoms with Crippen molar-refractivity contribution in [2.75, 3.05) is 6.61 Å². The predicted molar refractivity (Wildman–Crippen MR) is 73.6 cm³/mol. The van der Waals surface area contributed by atoms with Crippen LogP contribution in [0.3, 0.4) is 0 Å². The lowest BCUT2D eigenvalue weighted by atomic mass is 9.99. The molecular weight excluding hydrogens is 361 g/mol. The Balaban J connectivity index is 2.48. The second-order valence-corrected chi connectivity index (χ2v) is 8.27. The first-order valence-electron chi connectivity index (χ1n) is 7.05. The van der Waals surface area contributed by atoms with Gasteiger partial charge in [0.15, 0.2) is 0 Å². The van der Waals surface area contributed by atoms with Crippen molar-refractivity contribution in [3.8, 4) is 0 Å². The molecule has 136 valence electrons. The summed E-state index contributed by atoms with van der Waals surface area (Å²) >= 11 is 0. The Morgan fingerprint density at radius 2 is 1.54 bits per heavy atom. The molecule has 24 heavy (non-hydrogen) atoms. The van der Waals surface area contributed by atoms with Gasteiger partial charge in [-0.15, -0.1) is 0 Å². The minimum Gasteiger partial charge on any atom is -0.308 e. The second kappa shape index (κ2) is 6.35. The Morgan fingerprint density at radius 1 is 1.04 bits per heavy atom. The van der Waals surface area contributed by atoms with Crippen LogP contribution < -0.4 is 0 Å². The maximum atomic E-state index is 12.9. The van der Waals surface area contributed by atoms with E-state index in [9.17, 15) is 30.9 Å². The number of alkyl halides is 6. The first-order chi connectivity index (χ1) is 10.8. The minimum absolute atomic E-state index is 0.00924. The molecule has 3 nitrogen and oxygen atoms in total. The highest BCUT2D eigenvalue weighted by Gasteiger charge is 2.41. The zero-order chi connectivity index (χ0) is 18.3. The van der Waals surface area contributed by atoms with Crippen LogP contribution in [0, 0.1) is 0 Å². The fourth-order valence-electron chi connectivity index (χ4n) is 2.21. The molecule has 1 aromatic rings. The standard InChI is InChI=1S/C14H15F6O3P/c1-8(2)24(21)22-4-3-12(23-24)9-5-10(13(15,16)17)7-11(6-9)14(18,19)20/h5-8,12H,3-4H2,1-2H3. The molecule has 0 spiro atoms. The molecule has 2 atom stereocenters. The molecule has 0 aliphatic carbocycles. The van der Waals surface area contributed by atoms with Crippen molar-refractivity contribution >= 4 is 7.60 Å². The van der Waals surface area contributed by atoms with Crippen LogP contribution in [0.4, 0.5) is 26.3 Å². The van der Waals surface area contributed by atoms with Crippen LogP contribution in [0.5, 0.6) is 0 Å². The molecule has 1 saturated heterocycles. The molecule has 2 rings (SSSR count). The van der Waals surface area contributed by atoms with Crippen molar-refractivity contribution in [2.45, 2.75) is 44.4 Å². The molecule has 1 aliphatic rings. The van der Waals surface area contributed by atoms with E-state index in [1.807, 2.05) is 0 Å². The Labute approximate surface area is 134 Å². The SMILES string of the molecule is CC(C)P1(=O)OCCC(c2cc(C(F)(F)F)cc(C(F)(F)F)c2)O1. The molecule has 0 N–H and O–H groups in total. The lowest BCUT2D eigenvalue weighted by Crippen LogP contribution is -2.19. The van der Waals surface area contributed by atoms with Crippen molar-refractivity contribution in [1.82, 2.24) is 0 Å². The molecule has 0 bridgehead atoms. The molecule has 1 aromatic carbocycles. The van der Waals surface area contributed by atoms with Crippen LogP contribution in [0.15, 0.2) is 18.2 Å². The van der Waals surface area contributed by atoms with Crippen LogP contribution in [0.2, 0.25) is 0 Å². The number of hydrogen-bond acceptors (Lipinski definition) is 3. The molecule has 0 radical (unpaired) electrons. The van der Waals surface area contributed by atoms with Gasteiger partial charge in [0.05, 0.1) is 29.5 Å². The van der Waals surface area contributed by atoms with E-state index < -0.39 is 42.8 Å². The van der Waals surface area contributed by atoms with Crippen molar-refractivity contribution < 1.29 is 40.0 Å². The van der Waals surface area contributed by atoms with Crippen LogP contribution in [0.25, 0.3) is 0 Å². The van der Waals surface area contributed by atoms with Gasteiger partial charge in [0.2, 0.25) is 0 Å². The lowest BCUT2D eigenvalue weighted by Gasteiger charge is -2.32. The van der Waals surface area contributed by atoms with Gasteiger partial charge in [-0.05, 0) is 23.8 Å². The van der Waals surface area contributed by atoms with Crippen molar-refractivity contribution in [1.29, 1.82) is 0 Å². The van der Waals surface area contributed by atoms with Gasteiger partial charge in [-0.1, -0.05) is 13.8 Å². The Bertz CT molecular complexity index is 621. The van der Waals surface area contributed by atoms with E-state index in [2.05, 4.69) is 0 Å². The summed E-state index contributed by atoms with van der Waals surface area (Å²) in [5.41, 5.74) is -3.74. The summed E-state index contributed by atoms with van der Waals surface area (Å²) in [6, 6.07) is 1.23. The second-order valence-electron chi connectivity index (χ2n) is 5.69. The molecule has 1 aliphatic heterocycles. The van der Waals surface area contributed by atoms with E-state index in [0.29, 0.717) is 12.1 Å². The number of benzene rings is 1. The molecule has 0 amide bonds. The summed E-state index contributed by atoms with van der Waals surface area (Å²) in [4.78, 5) is 0. The van der Waals surface area contributed by atoms with Gasteiger partial charge >= 0.3 is 19.9 Å². The summed E-state index contributed by atoms with van der Waals surface area (Å²) < 4.78 is 100. The zero-order valence-corrected chi connectivity index (χ0v) is 13.6. The molecule has 0 saturated carbocycles. The van der Waals surface area contributed by atoms with Gasteiger partial charge < -0.3 is 9.05 Å². The van der Waals surface area contributed by atoms with Gasteiger partial charge in [0.25, 0.3) is 0 Å². The van der Waals surface area contributed by atoms with E-state index in [1.54, 1.807) is 0 Å². The molecule has 1 fully saturated rings. The summed E-state index contributed by atoms with van der Waals surface area (Å²) in [6.07, 6.45) is -11.0. The summed E-state index contributed by atoms with van der Waals surface area (Å²) in [5, 5.41) is 0. The van der Waals surface area contributed by atoms with E-state index in [1.165, 1.54) is 13.8 Å². The van der Waals surface area contributed by atoms with Crippen LogP contribution in [-0.4, -0.2) is 12.3 Å². The van der Waals surface area contributed by atoms with Gasteiger partial charge in [0, 0.05) is 6.42 Å². The van der Waals surface area contributed by atoms with Crippen molar-refractivity contribution in [3.05, 3.63) is 34.9 Å². The highest BCUT2D eigenvalue weighted by atomic mass is 31.2. The quantitative estimate of drug-likeness (QED) is 0.483. The first kappa shape index (κ1) is 19.3. The van der Waals surface area contributed by atoms with E-state index in [-0.39, 0.29) is 24.7 Å². The predicted octanol–water partition coefficient (Wildman–Crippen LogP) is 5.80. The average molecular weight is 376 g/mol. The Morgan fingerprint density at radius 3 is 1.96 bits per heavy atom. The fourth-order valence-corrected chi connectivity index (χ4v) is 3.75. The Hall–Kier alpha value is -1.05. The number of halogens is 6. The Kier molecular flexibility index (Phi) is 5.10. The van der Waals surface area contributed by atoms with Gasteiger partial charge in [-0.25, -0.2) is 0 Å².